The largest absolute Gasteiger partial charge is 0.497 e. The summed E-state index contributed by atoms with van der Waals surface area (Å²) >= 11 is 0. The molecule has 2 aromatic carbocycles. The van der Waals surface area contributed by atoms with E-state index in [0.717, 1.165) is 25.0 Å². The minimum Gasteiger partial charge on any atom is -0.497 e. The van der Waals surface area contributed by atoms with Crippen molar-refractivity contribution in [1.82, 2.24) is 0 Å². The van der Waals surface area contributed by atoms with Crippen molar-refractivity contribution in [1.29, 1.82) is 0 Å². The van der Waals surface area contributed by atoms with E-state index in [1.165, 1.54) is 25.3 Å². The van der Waals surface area contributed by atoms with Gasteiger partial charge in [0.05, 0.1) is 20.8 Å². The molecule has 182 valence electrons. The average molecular weight is 447 g/mol. The van der Waals surface area contributed by atoms with E-state index in [-0.39, 0.29) is 5.78 Å². The molecule has 0 heterocycles. The highest BCUT2D eigenvalue weighted by Gasteiger charge is 2.07. The Morgan fingerprint density at radius 1 is 0.812 bits per heavy atom. The van der Waals surface area contributed by atoms with Crippen LogP contribution in [-0.2, 0) is 6.42 Å². The normalized spacial score (nSPS) is 9.03. The van der Waals surface area contributed by atoms with Crippen molar-refractivity contribution in [2.24, 2.45) is 0 Å². The molecule has 0 aliphatic carbocycles. The maximum Gasteiger partial charge on any atom is 0.161 e. The van der Waals surface area contributed by atoms with E-state index in [1.807, 2.05) is 26.0 Å². The molecule has 0 radical (unpaired) electrons. The Labute approximate surface area is 197 Å². The fraction of sp³-hybridized carbons (Fsp3) is 0.536. The van der Waals surface area contributed by atoms with Crippen molar-refractivity contribution in [3.63, 3.8) is 0 Å². The first-order chi connectivity index (χ1) is 15.5. The fourth-order valence-corrected chi connectivity index (χ4v) is 2.42. The van der Waals surface area contributed by atoms with E-state index >= 15 is 0 Å². The standard InChI is InChI=1S/C13H18O3.C10H14O.C3H8.C2H6/c1-4-5-8-16-13-9-11(10(2)14)6-7-12(13)15-3;1-3-4-9-5-7-10(11-2)8-6-9;1-3-2;1-2/h6-7,9H,4-5,8H2,1-3H3;5-8H,3-4H2,1-2H3;3H2,1-2H3;1-2H3. The highest BCUT2D eigenvalue weighted by atomic mass is 16.5. The summed E-state index contributed by atoms with van der Waals surface area (Å²) in [6, 6.07) is 13.5. The van der Waals surface area contributed by atoms with Crippen LogP contribution in [0.25, 0.3) is 0 Å². The van der Waals surface area contributed by atoms with Gasteiger partial charge in [0.15, 0.2) is 17.3 Å². The van der Waals surface area contributed by atoms with Crippen LogP contribution in [0.3, 0.4) is 0 Å². The van der Waals surface area contributed by atoms with Crippen molar-refractivity contribution >= 4 is 5.78 Å². The summed E-state index contributed by atoms with van der Waals surface area (Å²) in [5.41, 5.74) is 2.03. The van der Waals surface area contributed by atoms with E-state index in [9.17, 15) is 4.79 Å². The lowest BCUT2D eigenvalue weighted by Gasteiger charge is -2.11. The van der Waals surface area contributed by atoms with Gasteiger partial charge in [0.1, 0.15) is 5.75 Å². The highest BCUT2D eigenvalue weighted by Crippen LogP contribution is 2.28. The van der Waals surface area contributed by atoms with Crippen molar-refractivity contribution in [3.8, 4) is 17.2 Å². The van der Waals surface area contributed by atoms with Crippen molar-refractivity contribution < 1.29 is 19.0 Å². The Kier molecular flexibility index (Phi) is 21.5. The van der Waals surface area contributed by atoms with Crippen molar-refractivity contribution in [3.05, 3.63) is 53.6 Å². The van der Waals surface area contributed by atoms with Crippen LogP contribution in [0.15, 0.2) is 42.5 Å². The SMILES string of the molecule is CC.CCC.CCCCOc1cc(C(C)=O)ccc1OC.CCCc1ccc(OC)cc1. The third kappa shape index (κ3) is 14.5. The van der Waals surface area contributed by atoms with E-state index in [4.69, 9.17) is 14.2 Å². The quantitative estimate of drug-likeness (QED) is 0.288. The third-order valence-corrected chi connectivity index (χ3v) is 4.02. The van der Waals surface area contributed by atoms with E-state index < -0.39 is 0 Å². The summed E-state index contributed by atoms with van der Waals surface area (Å²) in [6.07, 6.45) is 5.68. The molecule has 0 amide bonds. The first-order valence-electron chi connectivity index (χ1n) is 11.9. The summed E-state index contributed by atoms with van der Waals surface area (Å²) in [5, 5.41) is 0. The highest BCUT2D eigenvalue weighted by molar-refractivity contribution is 5.94. The topological polar surface area (TPSA) is 44.8 Å². The number of rotatable bonds is 9. The molecule has 0 unspecified atom stereocenters. The second-order valence-electron chi connectivity index (χ2n) is 6.93. The molecule has 2 rings (SSSR count). The summed E-state index contributed by atoms with van der Waals surface area (Å²) in [5.74, 6) is 2.28. The van der Waals surface area contributed by atoms with Gasteiger partial charge in [-0.25, -0.2) is 0 Å². The van der Waals surface area contributed by atoms with Gasteiger partial charge in [0.2, 0.25) is 0 Å². The molecule has 2 aromatic rings. The molecule has 32 heavy (non-hydrogen) atoms. The van der Waals surface area contributed by atoms with Gasteiger partial charge in [-0.1, -0.05) is 72.9 Å². The van der Waals surface area contributed by atoms with Gasteiger partial charge in [0, 0.05) is 5.56 Å². The summed E-state index contributed by atoms with van der Waals surface area (Å²) in [7, 11) is 3.28. The molecule has 0 saturated heterocycles. The monoisotopic (exact) mass is 446 g/mol. The second-order valence-corrected chi connectivity index (χ2v) is 6.93. The van der Waals surface area contributed by atoms with Gasteiger partial charge in [-0.05, 0) is 55.7 Å². The molecule has 4 nitrogen and oxygen atoms in total. The zero-order valence-corrected chi connectivity index (χ0v) is 21.9. The Bertz CT molecular complexity index is 693. The number of hydrogen-bond acceptors (Lipinski definition) is 4. The first kappa shape index (κ1) is 31.7. The predicted molar refractivity (Wildman–Crippen MR) is 138 cm³/mol. The third-order valence-electron chi connectivity index (χ3n) is 4.02. The van der Waals surface area contributed by atoms with Crippen LogP contribution >= 0.6 is 0 Å². The summed E-state index contributed by atoms with van der Waals surface area (Å²) in [4.78, 5) is 11.2. The maximum absolute atomic E-state index is 11.2. The number of unbranched alkanes of at least 4 members (excludes halogenated alkanes) is 1. The molecular formula is C28H46O4. The molecule has 0 aliphatic heterocycles. The molecule has 0 atom stereocenters. The number of carbonyl (C=O) groups is 1. The minimum atomic E-state index is 0.0306. The lowest BCUT2D eigenvalue weighted by Crippen LogP contribution is -2.01. The Morgan fingerprint density at radius 3 is 1.84 bits per heavy atom. The smallest absolute Gasteiger partial charge is 0.161 e. The molecule has 4 heteroatoms. The molecular weight excluding hydrogens is 400 g/mol. The minimum absolute atomic E-state index is 0.0306. The van der Waals surface area contributed by atoms with Crippen LogP contribution < -0.4 is 14.2 Å². The number of ketones is 1. The molecule has 0 spiro atoms. The number of ether oxygens (including phenoxy) is 3. The van der Waals surface area contributed by atoms with Crippen LogP contribution in [0.1, 0.15) is 90.1 Å². The zero-order chi connectivity index (χ0) is 24.8. The molecule has 0 saturated carbocycles. The Balaban J connectivity index is 0. The molecule has 0 N–H and O–H groups in total. The van der Waals surface area contributed by atoms with Gasteiger partial charge in [0.25, 0.3) is 0 Å². The average Bonchev–Trinajstić information content (AvgIpc) is 2.82. The maximum atomic E-state index is 11.2. The van der Waals surface area contributed by atoms with Crippen LogP contribution in [0.2, 0.25) is 0 Å². The van der Waals surface area contributed by atoms with Gasteiger partial charge >= 0.3 is 0 Å². The van der Waals surface area contributed by atoms with Crippen LogP contribution in [0.4, 0.5) is 0 Å². The molecule has 0 bridgehead atoms. The van der Waals surface area contributed by atoms with E-state index in [0.29, 0.717) is 23.7 Å². The Morgan fingerprint density at radius 2 is 1.41 bits per heavy atom. The molecule has 0 aliphatic rings. The van der Waals surface area contributed by atoms with Crippen LogP contribution in [0.5, 0.6) is 17.2 Å². The first-order valence-corrected chi connectivity index (χ1v) is 11.9. The Hall–Kier alpha value is -2.49. The van der Waals surface area contributed by atoms with Gasteiger partial charge in [-0.2, -0.15) is 0 Å². The van der Waals surface area contributed by atoms with Crippen molar-refractivity contribution in [2.45, 2.75) is 80.6 Å². The molecule has 0 aromatic heterocycles. The number of hydrogen-bond donors (Lipinski definition) is 0. The van der Waals surface area contributed by atoms with E-state index in [1.54, 1.807) is 32.4 Å². The van der Waals surface area contributed by atoms with Crippen LogP contribution in [-0.4, -0.2) is 26.6 Å². The number of methoxy groups -OCH3 is 2. The summed E-state index contributed by atoms with van der Waals surface area (Å²) in [6.45, 7) is 14.7. The predicted octanol–water partition coefficient (Wildman–Crippen LogP) is 8.17. The van der Waals surface area contributed by atoms with E-state index in [2.05, 4.69) is 39.8 Å². The summed E-state index contributed by atoms with van der Waals surface area (Å²) < 4.78 is 15.8. The van der Waals surface area contributed by atoms with Crippen LogP contribution in [0, 0.1) is 0 Å². The second kappa shape index (κ2) is 21.7. The number of aryl methyl sites for hydroxylation is 1. The zero-order valence-electron chi connectivity index (χ0n) is 21.9. The number of Topliss-reactive ketones (excluding diaryl/α,β-unsaturated/α-hetero) is 1. The van der Waals surface area contributed by atoms with Gasteiger partial charge in [-0.3, -0.25) is 4.79 Å². The fourth-order valence-electron chi connectivity index (χ4n) is 2.42. The molecule has 0 fully saturated rings. The van der Waals surface area contributed by atoms with Gasteiger partial charge in [-0.15, -0.1) is 0 Å². The number of carbonyl (C=O) groups excluding carboxylic acids is 1. The van der Waals surface area contributed by atoms with Gasteiger partial charge < -0.3 is 14.2 Å². The lowest BCUT2D eigenvalue weighted by atomic mass is 10.1. The lowest BCUT2D eigenvalue weighted by molar-refractivity contribution is 0.101. The van der Waals surface area contributed by atoms with Crippen molar-refractivity contribution in [2.75, 3.05) is 20.8 Å². The number of benzene rings is 2.